The molecule has 0 aliphatic carbocycles. The van der Waals surface area contributed by atoms with Gasteiger partial charge in [-0.15, -0.1) is 0 Å². The molecule has 0 unspecified atom stereocenters. The number of alkyl halides is 2. The van der Waals surface area contributed by atoms with Crippen LogP contribution in [0.1, 0.15) is 0 Å². The van der Waals surface area contributed by atoms with Gasteiger partial charge in [0.15, 0.2) is 5.17 Å². The van der Waals surface area contributed by atoms with E-state index < -0.39 is 0 Å². The van der Waals surface area contributed by atoms with Gasteiger partial charge in [0.1, 0.15) is 0 Å². The smallest absolute Gasteiger partial charge is 0.156 e. The number of rotatable bonds is 3. The fourth-order valence-corrected chi connectivity index (χ4v) is 2.32. The molecule has 5 heteroatoms. The lowest BCUT2D eigenvalue weighted by Crippen LogP contribution is -2.30. The first-order valence-corrected chi connectivity index (χ1v) is 6.42. The van der Waals surface area contributed by atoms with E-state index >= 15 is 0 Å². The maximum Gasteiger partial charge on any atom is 0.156 e. The number of hydrogen-bond donors (Lipinski definition) is 1. The highest BCUT2D eigenvalue weighted by Crippen LogP contribution is 2.18. The molecule has 1 fully saturated rings. The van der Waals surface area contributed by atoms with Crippen molar-refractivity contribution in [2.45, 2.75) is 4.83 Å². The molecule has 1 rings (SSSR count). The van der Waals surface area contributed by atoms with Crippen molar-refractivity contribution in [3.05, 3.63) is 0 Å². The van der Waals surface area contributed by atoms with Gasteiger partial charge in [-0.3, -0.25) is 5.41 Å². The first kappa shape index (κ1) is 9.86. The molecule has 1 atom stereocenters. The van der Waals surface area contributed by atoms with Crippen molar-refractivity contribution in [1.82, 2.24) is 4.90 Å². The van der Waals surface area contributed by atoms with Crippen LogP contribution < -0.4 is 0 Å². The summed E-state index contributed by atoms with van der Waals surface area (Å²) in [6, 6.07) is 0. The molecule has 0 radical (unpaired) electrons. The number of nitrogens with one attached hydrogen (secondary N) is 1. The van der Waals surface area contributed by atoms with Crippen LogP contribution in [0.2, 0.25) is 0 Å². The predicted octanol–water partition coefficient (Wildman–Crippen LogP) is 2.13. The van der Waals surface area contributed by atoms with E-state index in [0.29, 0.717) is 4.83 Å². The standard InChI is InChI=1S/C6H10Br2N2S/c7-3-5(8)4-10-1-2-11-6(10)9/h5,9H,1-4H2/t5-/m1/s1. The van der Waals surface area contributed by atoms with Crippen LogP contribution in [0.5, 0.6) is 0 Å². The molecular formula is C6H10Br2N2S. The lowest BCUT2D eigenvalue weighted by molar-refractivity contribution is 0.468. The highest BCUT2D eigenvalue weighted by molar-refractivity contribution is 9.12. The van der Waals surface area contributed by atoms with Crippen molar-refractivity contribution >= 4 is 48.8 Å². The maximum atomic E-state index is 7.53. The van der Waals surface area contributed by atoms with Gasteiger partial charge < -0.3 is 4.90 Å². The Kier molecular flexibility index (Phi) is 4.23. The molecule has 1 aliphatic heterocycles. The van der Waals surface area contributed by atoms with E-state index in [2.05, 4.69) is 36.8 Å². The SMILES string of the molecule is N=C1SCCN1C[C@H](Br)CBr. The second kappa shape index (κ2) is 4.72. The van der Waals surface area contributed by atoms with Crippen LogP contribution in [0.15, 0.2) is 0 Å². The third-order valence-corrected chi connectivity index (χ3v) is 4.66. The number of hydrogen-bond acceptors (Lipinski definition) is 2. The molecule has 0 saturated carbocycles. The van der Waals surface area contributed by atoms with Crippen LogP contribution in [0, 0.1) is 5.41 Å². The topological polar surface area (TPSA) is 27.1 Å². The van der Waals surface area contributed by atoms with Crippen LogP contribution >= 0.6 is 43.6 Å². The molecule has 64 valence electrons. The second-order valence-corrected chi connectivity index (χ2v) is 5.38. The summed E-state index contributed by atoms with van der Waals surface area (Å²) < 4.78 is 0. The van der Waals surface area contributed by atoms with Crippen LogP contribution in [0.4, 0.5) is 0 Å². The molecule has 0 aromatic heterocycles. The molecule has 2 nitrogen and oxygen atoms in total. The van der Waals surface area contributed by atoms with Gasteiger partial charge in [0.25, 0.3) is 0 Å². The van der Waals surface area contributed by atoms with Gasteiger partial charge >= 0.3 is 0 Å². The summed E-state index contributed by atoms with van der Waals surface area (Å²) in [5.41, 5.74) is 0. The van der Waals surface area contributed by atoms with Gasteiger partial charge in [0.2, 0.25) is 0 Å². The highest BCUT2D eigenvalue weighted by atomic mass is 79.9. The first-order valence-electron chi connectivity index (χ1n) is 3.40. The third kappa shape index (κ3) is 2.95. The molecule has 0 bridgehead atoms. The van der Waals surface area contributed by atoms with E-state index in [9.17, 15) is 0 Å². The quantitative estimate of drug-likeness (QED) is 0.809. The molecule has 1 N–H and O–H groups in total. The Labute approximate surface area is 87.9 Å². The number of amidine groups is 1. The second-order valence-electron chi connectivity index (χ2n) is 2.35. The summed E-state index contributed by atoms with van der Waals surface area (Å²) in [6.07, 6.45) is 0. The zero-order chi connectivity index (χ0) is 8.27. The van der Waals surface area contributed by atoms with Gasteiger partial charge in [-0.1, -0.05) is 43.6 Å². The Morgan fingerprint density at radius 3 is 2.91 bits per heavy atom. The number of nitrogens with zero attached hydrogens (tertiary/aromatic N) is 1. The van der Waals surface area contributed by atoms with E-state index in [0.717, 1.165) is 29.3 Å². The van der Waals surface area contributed by atoms with Gasteiger partial charge in [0.05, 0.1) is 0 Å². The minimum Gasteiger partial charge on any atom is -0.350 e. The fraction of sp³-hybridized carbons (Fsp3) is 0.833. The Balaban J connectivity index is 2.30. The average molecular weight is 302 g/mol. The van der Waals surface area contributed by atoms with Gasteiger partial charge in [0, 0.05) is 29.0 Å². The Hall–Kier alpha value is 0.780. The highest BCUT2D eigenvalue weighted by Gasteiger charge is 2.19. The van der Waals surface area contributed by atoms with E-state index in [1.807, 2.05) is 0 Å². The monoisotopic (exact) mass is 300 g/mol. The molecule has 0 aromatic carbocycles. The van der Waals surface area contributed by atoms with E-state index in [1.54, 1.807) is 11.8 Å². The lowest BCUT2D eigenvalue weighted by Gasteiger charge is -2.18. The average Bonchev–Trinajstić information content (AvgIpc) is 2.37. The van der Waals surface area contributed by atoms with Crippen molar-refractivity contribution < 1.29 is 0 Å². The number of halogens is 2. The normalized spacial score (nSPS) is 20.9. The summed E-state index contributed by atoms with van der Waals surface area (Å²) in [7, 11) is 0. The minimum absolute atomic E-state index is 0.460. The van der Waals surface area contributed by atoms with Crippen LogP contribution in [-0.4, -0.2) is 39.1 Å². The fourth-order valence-electron chi connectivity index (χ4n) is 0.907. The van der Waals surface area contributed by atoms with Crippen molar-refractivity contribution in [2.24, 2.45) is 0 Å². The van der Waals surface area contributed by atoms with Crippen LogP contribution in [0.25, 0.3) is 0 Å². The van der Waals surface area contributed by atoms with Gasteiger partial charge in [-0.05, 0) is 0 Å². The zero-order valence-corrected chi connectivity index (χ0v) is 10.0. The third-order valence-electron chi connectivity index (χ3n) is 1.47. The number of thioether (sulfide) groups is 1. The van der Waals surface area contributed by atoms with Crippen LogP contribution in [0.3, 0.4) is 0 Å². The first-order chi connectivity index (χ1) is 5.24. The van der Waals surface area contributed by atoms with Crippen molar-refractivity contribution in [3.63, 3.8) is 0 Å². The van der Waals surface area contributed by atoms with Crippen molar-refractivity contribution in [3.8, 4) is 0 Å². The van der Waals surface area contributed by atoms with E-state index in [-0.39, 0.29) is 0 Å². The van der Waals surface area contributed by atoms with Crippen LogP contribution in [-0.2, 0) is 0 Å². The molecule has 0 aromatic rings. The molecule has 11 heavy (non-hydrogen) atoms. The summed E-state index contributed by atoms with van der Waals surface area (Å²) in [4.78, 5) is 2.56. The molecule has 1 saturated heterocycles. The summed E-state index contributed by atoms with van der Waals surface area (Å²) in [5.74, 6) is 1.07. The molecule has 0 spiro atoms. The Bertz CT molecular complexity index is 154. The zero-order valence-electron chi connectivity index (χ0n) is 6.02. The largest absolute Gasteiger partial charge is 0.350 e. The van der Waals surface area contributed by atoms with Gasteiger partial charge in [-0.2, -0.15) is 0 Å². The summed E-state index contributed by atoms with van der Waals surface area (Å²) in [6.45, 7) is 1.97. The minimum atomic E-state index is 0.460. The molecule has 1 heterocycles. The summed E-state index contributed by atoms with van der Waals surface area (Å²) in [5, 5.41) is 9.19. The van der Waals surface area contributed by atoms with E-state index in [1.165, 1.54) is 0 Å². The van der Waals surface area contributed by atoms with Crippen molar-refractivity contribution in [1.29, 1.82) is 5.41 Å². The maximum absolute atomic E-state index is 7.53. The van der Waals surface area contributed by atoms with Gasteiger partial charge in [-0.25, -0.2) is 0 Å². The predicted molar refractivity (Wildman–Crippen MR) is 58.3 cm³/mol. The lowest BCUT2D eigenvalue weighted by atomic mass is 10.4. The van der Waals surface area contributed by atoms with E-state index in [4.69, 9.17) is 5.41 Å². The Morgan fingerprint density at radius 1 is 1.73 bits per heavy atom. The van der Waals surface area contributed by atoms with Crippen molar-refractivity contribution in [2.75, 3.05) is 24.2 Å². The molecular weight excluding hydrogens is 292 g/mol. The Morgan fingerprint density at radius 2 is 2.45 bits per heavy atom. The molecule has 1 aliphatic rings. The summed E-state index contributed by atoms with van der Waals surface area (Å²) >= 11 is 8.54. The molecule has 0 amide bonds.